The number of nitrogens with zero attached hydrogens (tertiary/aromatic N) is 1. The molecule has 106 valence electrons. The Bertz CT molecular complexity index is 595. The van der Waals surface area contributed by atoms with E-state index in [4.69, 9.17) is 11.6 Å². The summed E-state index contributed by atoms with van der Waals surface area (Å²) in [5, 5.41) is 0. The van der Waals surface area contributed by atoms with Gasteiger partial charge in [-0.15, -0.1) is 0 Å². The van der Waals surface area contributed by atoms with Crippen molar-refractivity contribution in [3.8, 4) is 0 Å². The van der Waals surface area contributed by atoms with E-state index < -0.39 is 23.5 Å². The standard InChI is InChI=1S/C13H13F3N4/c14-8-5-9(15)12(10(16)6-8)11(20-18)4-7-2-1-3-19-13(7)17/h1-3,5-6,11,20H,4,18H2,(H2,17,19). The highest BCUT2D eigenvalue weighted by atomic mass is 19.1. The smallest absolute Gasteiger partial charge is 0.133 e. The summed E-state index contributed by atoms with van der Waals surface area (Å²) in [6.07, 6.45) is 1.62. The average molecular weight is 282 g/mol. The van der Waals surface area contributed by atoms with Gasteiger partial charge < -0.3 is 5.73 Å². The molecule has 0 radical (unpaired) electrons. The monoisotopic (exact) mass is 282 g/mol. The number of nitrogens with two attached hydrogens (primary N) is 2. The van der Waals surface area contributed by atoms with E-state index in [1.807, 2.05) is 0 Å². The highest BCUT2D eigenvalue weighted by molar-refractivity contribution is 5.40. The van der Waals surface area contributed by atoms with Crippen molar-refractivity contribution in [3.05, 3.63) is 59.0 Å². The Kier molecular flexibility index (Phi) is 4.21. The van der Waals surface area contributed by atoms with Crippen molar-refractivity contribution < 1.29 is 13.2 Å². The van der Waals surface area contributed by atoms with E-state index in [1.165, 1.54) is 6.20 Å². The van der Waals surface area contributed by atoms with Crippen LogP contribution in [-0.2, 0) is 6.42 Å². The second-order valence-corrected chi connectivity index (χ2v) is 4.25. The van der Waals surface area contributed by atoms with E-state index in [1.54, 1.807) is 12.1 Å². The number of aromatic nitrogens is 1. The fourth-order valence-corrected chi connectivity index (χ4v) is 1.97. The molecule has 1 unspecified atom stereocenters. The van der Waals surface area contributed by atoms with Gasteiger partial charge in [-0.3, -0.25) is 11.3 Å². The van der Waals surface area contributed by atoms with E-state index in [-0.39, 0.29) is 17.8 Å². The van der Waals surface area contributed by atoms with Crippen LogP contribution in [0.2, 0.25) is 0 Å². The first-order valence-electron chi connectivity index (χ1n) is 5.83. The van der Waals surface area contributed by atoms with Gasteiger partial charge >= 0.3 is 0 Å². The molecule has 2 aromatic rings. The van der Waals surface area contributed by atoms with Crippen molar-refractivity contribution >= 4 is 5.82 Å². The minimum Gasteiger partial charge on any atom is -0.383 e. The van der Waals surface area contributed by atoms with Gasteiger partial charge in [-0.1, -0.05) is 6.07 Å². The molecule has 0 spiro atoms. The molecule has 7 heteroatoms. The minimum atomic E-state index is -1.01. The largest absolute Gasteiger partial charge is 0.383 e. The van der Waals surface area contributed by atoms with Crippen molar-refractivity contribution in [2.75, 3.05) is 5.73 Å². The van der Waals surface area contributed by atoms with Crippen molar-refractivity contribution in [2.24, 2.45) is 5.84 Å². The molecule has 0 fully saturated rings. The first-order chi connectivity index (χ1) is 9.52. The lowest BCUT2D eigenvalue weighted by Gasteiger charge is -2.18. The van der Waals surface area contributed by atoms with Crippen LogP contribution in [0, 0.1) is 17.5 Å². The lowest BCUT2D eigenvalue weighted by atomic mass is 9.98. The van der Waals surface area contributed by atoms with Gasteiger partial charge in [0.25, 0.3) is 0 Å². The molecule has 0 amide bonds. The Balaban J connectivity index is 2.37. The zero-order valence-corrected chi connectivity index (χ0v) is 10.4. The van der Waals surface area contributed by atoms with E-state index in [0.717, 1.165) is 0 Å². The van der Waals surface area contributed by atoms with Crippen LogP contribution >= 0.6 is 0 Å². The molecule has 0 aliphatic heterocycles. The highest BCUT2D eigenvalue weighted by Gasteiger charge is 2.21. The van der Waals surface area contributed by atoms with Crippen LogP contribution in [-0.4, -0.2) is 4.98 Å². The molecular weight excluding hydrogens is 269 g/mol. The van der Waals surface area contributed by atoms with E-state index in [2.05, 4.69) is 10.4 Å². The summed E-state index contributed by atoms with van der Waals surface area (Å²) in [6, 6.07) is 3.65. The normalized spacial score (nSPS) is 12.4. The molecular formula is C13H13F3N4. The molecule has 0 aliphatic carbocycles. The number of hydrogen-bond donors (Lipinski definition) is 3. The first kappa shape index (κ1) is 14.3. The van der Waals surface area contributed by atoms with Crippen molar-refractivity contribution in [1.29, 1.82) is 0 Å². The molecule has 1 aromatic heterocycles. The fourth-order valence-electron chi connectivity index (χ4n) is 1.97. The Morgan fingerprint density at radius 2 is 1.85 bits per heavy atom. The Hall–Kier alpha value is -2.12. The van der Waals surface area contributed by atoms with Crippen molar-refractivity contribution in [3.63, 3.8) is 0 Å². The maximum atomic E-state index is 13.7. The molecule has 0 aliphatic rings. The summed E-state index contributed by atoms with van der Waals surface area (Å²) in [4.78, 5) is 3.88. The summed E-state index contributed by atoms with van der Waals surface area (Å²) < 4.78 is 40.4. The predicted molar refractivity (Wildman–Crippen MR) is 68.7 cm³/mol. The number of rotatable bonds is 4. The maximum absolute atomic E-state index is 13.7. The first-order valence-corrected chi connectivity index (χ1v) is 5.83. The second kappa shape index (κ2) is 5.89. The topological polar surface area (TPSA) is 77.0 Å². The summed E-state index contributed by atoms with van der Waals surface area (Å²) in [5.74, 6) is 2.59. The quantitative estimate of drug-likeness (QED) is 0.590. The van der Waals surface area contributed by atoms with Gasteiger partial charge in [0.1, 0.15) is 23.3 Å². The number of hydrazine groups is 1. The highest BCUT2D eigenvalue weighted by Crippen LogP contribution is 2.25. The van der Waals surface area contributed by atoms with Crippen molar-refractivity contribution in [1.82, 2.24) is 10.4 Å². The Labute approximate surface area is 113 Å². The average Bonchev–Trinajstić information content (AvgIpc) is 2.38. The third-order valence-electron chi connectivity index (χ3n) is 2.94. The zero-order valence-electron chi connectivity index (χ0n) is 10.4. The third kappa shape index (κ3) is 2.89. The van der Waals surface area contributed by atoms with Crippen LogP contribution in [0.3, 0.4) is 0 Å². The molecule has 5 N–H and O–H groups in total. The molecule has 2 rings (SSSR count). The second-order valence-electron chi connectivity index (χ2n) is 4.25. The summed E-state index contributed by atoms with van der Waals surface area (Å²) in [6.45, 7) is 0. The summed E-state index contributed by atoms with van der Waals surface area (Å²) in [7, 11) is 0. The van der Waals surface area contributed by atoms with Gasteiger partial charge in [0.05, 0.1) is 6.04 Å². The molecule has 0 saturated carbocycles. The fraction of sp³-hybridized carbons (Fsp3) is 0.154. The number of pyridine rings is 1. The number of hydrogen-bond acceptors (Lipinski definition) is 4. The van der Waals surface area contributed by atoms with Crippen LogP contribution in [0.1, 0.15) is 17.2 Å². The number of halogens is 3. The van der Waals surface area contributed by atoms with Crippen LogP contribution in [0.5, 0.6) is 0 Å². The molecule has 0 saturated heterocycles. The van der Waals surface area contributed by atoms with E-state index in [0.29, 0.717) is 17.7 Å². The minimum absolute atomic E-state index is 0.121. The Morgan fingerprint density at radius 1 is 1.20 bits per heavy atom. The molecule has 20 heavy (non-hydrogen) atoms. The lowest BCUT2D eigenvalue weighted by Crippen LogP contribution is -2.31. The van der Waals surface area contributed by atoms with Gasteiger partial charge in [-0.05, 0) is 18.1 Å². The molecule has 1 aromatic carbocycles. The van der Waals surface area contributed by atoms with Crippen LogP contribution in [0.15, 0.2) is 30.5 Å². The van der Waals surface area contributed by atoms with Gasteiger partial charge in [-0.2, -0.15) is 0 Å². The van der Waals surface area contributed by atoms with Gasteiger partial charge in [0.15, 0.2) is 0 Å². The number of nitrogens with one attached hydrogen (secondary N) is 1. The Morgan fingerprint density at radius 3 is 2.40 bits per heavy atom. The van der Waals surface area contributed by atoms with Gasteiger partial charge in [0, 0.05) is 23.9 Å². The van der Waals surface area contributed by atoms with Gasteiger partial charge in [-0.25, -0.2) is 18.2 Å². The number of nitrogen functional groups attached to an aromatic ring is 1. The summed E-state index contributed by atoms with van der Waals surface area (Å²) >= 11 is 0. The summed E-state index contributed by atoms with van der Waals surface area (Å²) in [5.41, 5.74) is 8.23. The maximum Gasteiger partial charge on any atom is 0.133 e. The zero-order chi connectivity index (χ0) is 14.7. The molecule has 4 nitrogen and oxygen atoms in total. The van der Waals surface area contributed by atoms with Crippen LogP contribution < -0.4 is 17.0 Å². The van der Waals surface area contributed by atoms with E-state index in [9.17, 15) is 13.2 Å². The molecule has 1 heterocycles. The molecule has 1 atom stereocenters. The van der Waals surface area contributed by atoms with Crippen LogP contribution in [0.25, 0.3) is 0 Å². The molecule has 0 bridgehead atoms. The van der Waals surface area contributed by atoms with Crippen molar-refractivity contribution in [2.45, 2.75) is 12.5 Å². The third-order valence-corrected chi connectivity index (χ3v) is 2.94. The lowest BCUT2D eigenvalue weighted by molar-refractivity contribution is 0.462. The SMILES string of the molecule is NNC(Cc1cccnc1N)c1c(F)cc(F)cc1F. The number of anilines is 1. The number of benzene rings is 1. The van der Waals surface area contributed by atoms with Crippen LogP contribution in [0.4, 0.5) is 19.0 Å². The van der Waals surface area contributed by atoms with E-state index >= 15 is 0 Å². The van der Waals surface area contributed by atoms with Gasteiger partial charge in [0.2, 0.25) is 0 Å². The predicted octanol–water partition coefficient (Wildman–Crippen LogP) is 1.83.